The fourth-order valence-electron chi connectivity index (χ4n) is 3.25. The molecule has 0 spiro atoms. The Kier molecular flexibility index (Phi) is 7.64. The van der Waals surface area contributed by atoms with Gasteiger partial charge in [-0.05, 0) is 24.6 Å². The second-order valence-electron chi connectivity index (χ2n) is 6.69. The van der Waals surface area contributed by atoms with E-state index in [0.29, 0.717) is 6.61 Å². The molecule has 5 nitrogen and oxygen atoms in total. The normalized spacial score (nSPS) is 16.0. The monoisotopic (exact) mass is 380 g/mol. The highest BCUT2D eigenvalue weighted by Gasteiger charge is 2.19. The van der Waals surface area contributed by atoms with Crippen LogP contribution in [0.25, 0.3) is 6.08 Å². The summed E-state index contributed by atoms with van der Waals surface area (Å²) in [5.74, 6) is 0.662. The third-order valence-corrected chi connectivity index (χ3v) is 4.70. The lowest BCUT2D eigenvalue weighted by Gasteiger charge is -2.31. The summed E-state index contributed by atoms with van der Waals surface area (Å²) in [6.07, 6.45) is 3.38. The van der Waals surface area contributed by atoms with E-state index < -0.39 is 0 Å². The number of benzene rings is 2. The van der Waals surface area contributed by atoms with Crippen LogP contribution in [0.15, 0.2) is 60.7 Å². The number of carbonyl (C=O) groups excluding carboxylic acids is 1. The van der Waals surface area contributed by atoms with E-state index in [1.165, 1.54) is 0 Å². The average molecular weight is 380 g/mol. The van der Waals surface area contributed by atoms with Crippen molar-refractivity contribution in [3.63, 3.8) is 0 Å². The summed E-state index contributed by atoms with van der Waals surface area (Å²) < 4.78 is 11.1. The Hall–Kier alpha value is -2.63. The van der Waals surface area contributed by atoms with Gasteiger partial charge in [-0.1, -0.05) is 48.5 Å². The third-order valence-electron chi connectivity index (χ3n) is 4.70. The highest BCUT2D eigenvalue weighted by Crippen LogP contribution is 2.20. The molecule has 0 saturated carbocycles. The zero-order chi connectivity index (χ0) is 19.6. The molecule has 1 atom stereocenters. The Bertz CT molecular complexity index is 770. The van der Waals surface area contributed by atoms with Crippen molar-refractivity contribution in [2.24, 2.45) is 0 Å². The highest BCUT2D eigenvalue weighted by atomic mass is 16.5. The van der Waals surface area contributed by atoms with Crippen molar-refractivity contribution >= 4 is 12.0 Å². The lowest BCUT2D eigenvalue weighted by Crippen LogP contribution is -2.42. The fraction of sp³-hybridized carbons (Fsp3) is 0.348. The zero-order valence-electron chi connectivity index (χ0n) is 16.3. The van der Waals surface area contributed by atoms with Crippen LogP contribution in [0.2, 0.25) is 0 Å². The summed E-state index contributed by atoms with van der Waals surface area (Å²) in [7, 11) is 0. The number of para-hydroxylation sites is 1. The Labute approximate surface area is 167 Å². The van der Waals surface area contributed by atoms with Gasteiger partial charge in [-0.3, -0.25) is 9.69 Å². The van der Waals surface area contributed by atoms with Crippen LogP contribution in [0.1, 0.15) is 24.1 Å². The first-order valence-electron chi connectivity index (χ1n) is 9.81. The topological polar surface area (TPSA) is 50.8 Å². The van der Waals surface area contributed by atoms with Gasteiger partial charge in [-0.25, -0.2) is 0 Å². The summed E-state index contributed by atoms with van der Waals surface area (Å²) in [4.78, 5) is 15.0. The third kappa shape index (κ3) is 5.94. The molecule has 5 heteroatoms. The van der Waals surface area contributed by atoms with Crippen LogP contribution in [0.5, 0.6) is 5.75 Å². The van der Waals surface area contributed by atoms with Crippen molar-refractivity contribution in [1.29, 1.82) is 0 Å². The van der Waals surface area contributed by atoms with Gasteiger partial charge in [0.15, 0.2) is 0 Å². The molecule has 0 bridgehead atoms. The van der Waals surface area contributed by atoms with E-state index in [9.17, 15) is 4.79 Å². The van der Waals surface area contributed by atoms with Crippen LogP contribution in [-0.2, 0) is 9.53 Å². The molecule has 2 aromatic carbocycles. The quantitative estimate of drug-likeness (QED) is 0.714. The fourth-order valence-corrected chi connectivity index (χ4v) is 3.25. The molecule has 0 unspecified atom stereocenters. The Morgan fingerprint density at radius 2 is 1.86 bits per heavy atom. The second kappa shape index (κ2) is 10.6. The molecule has 1 aliphatic heterocycles. The predicted molar refractivity (Wildman–Crippen MR) is 111 cm³/mol. The van der Waals surface area contributed by atoms with Gasteiger partial charge in [0, 0.05) is 31.3 Å². The summed E-state index contributed by atoms with van der Waals surface area (Å²) in [5.41, 5.74) is 1.99. The van der Waals surface area contributed by atoms with Crippen LogP contribution in [0, 0.1) is 0 Å². The molecule has 1 fully saturated rings. The number of hydrogen-bond acceptors (Lipinski definition) is 4. The molecule has 1 aliphatic rings. The minimum absolute atomic E-state index is 0.0708. The summed E-state index contributed by atoms with van der Waals surface area (Å²) in [6.45, 7) is 6.55. The molecule has 3 rings (SSSR count). The van der Waals surface area contributed by atoms with E-state index in [-0.39, 0.29) is 11.9 Å². The van der Waals surface area contributed by atoms with Gasteiger partial charge in [0.2, 0.25) is 5.91 Å². The first-order chi connectivity index (χ1) is 13.8. The standard InChI is InChI=1S/C23H28N2O3/c1-2-28-22-11-7-6-10-20(22)12-13-23(26)24-21(19-8-4-3-5-9-19)18-25-14-16-27-17-15-25/h3-13,21H,2,14-18H2,1H3,(H,24,26)/b13-12+/t21-/m0/s1. The van der Waals surface area contributed by atoms with Gasteiger partial charge in [-0.2, -0.15) is 0 Å². The summed E-state index contributed by atoms with van der Waals surface area (Å²) in [5, 5.41) is 3.15. The minimum atomic E-state index is -0.117. The maximum atomic E-state index is 12.6. The number of rotatable bonds is 8. The number of nitrogens with one attached hydrogen (secondary N) is 1. The van der Waals surface area contributed by atoms with E-state index in [2.05, 4.69) is 22.3 Å². The molecule has 1 amide bonds. The number of morpholine rings is 1. The van der Waals surface area contributed by atoms with E-state index >= 15 is 0 Å². The molecule has 0 aromatic heterocycles. The van der Waals surface area contributed by atoms with E-state index in [1.807, 2.05) is 49.4 Å². The van der Waals surface area contributed by atoms with Gasteiger partial charge in [-0.15, -0.1) is 0 Å². The molecule has 28 heavy (non-hydrogen) atoms. The van der Waals surface area contributed by atoms with Gasteiger partial charge in [0.05, 0.1) is 25.9 Å². The van der Waals surface area contributed by atoms with Crippen molar-refractivity contribution in [3.05, 3.63) is 71.8 Å². The lowest BCUT2D eigenvalue weighted by atomic mass is 10.1. The SMILES string of the molecule is CCOc1ccccc1/C=C/C(=O)N[C@@H](CN1CCOCC1)c1ccccc1. The maximum absolute atomic E-state index is 12.6. The minimum Gasteiger partial charge on any atom is -0.493 e. The second-order valence-corrected chi connectivity index (χ2v) is 6.69. The largest absolute Gasteiger partial charge is 0.493 e. The van der Waals surface area contributed by atoms with Gasteiger partial charge >= 0.3 is 0 Å². The number of hydrogen-bond donors (Lipinski definition) is 1. The van der Waals surface area contributed by atoms with Crippen LogP contribution in [-0.4, -0.2) is 50.3 Å². The number of carbonyl (C=O) groups is 1. The van der Waals surface area contributed by atoms with Crippen molar-refractivity contribution in [1.82, 2.24) is 10.2 Å². The van der Waals surface area contributed by atoms with E-state index in [0.717, 1.165) is 49.7 Å². The summed E-state index contributed by atoms with van der Waals surface area (Å²) >= 11 is 0. The Morgan fingerprint density at radius 1 is 1.14 bits per heavy atom. The molecule has 1 heterocycles. The predicted octanol–water partition coefficient (Wildman–Crippen LogP) is 3.29. The zero-order valence-corrected chi connectivity index (χ0v) is 16.3. The molecule has 1 saturated heterocycles. The average Bonchev–Trinajstić information content (AvgIpc) is 2.74. The number of nitrogens with zero attached hydrogens (tertiary/aromatic N) is 1. The molecule has 148 valence electrons. The van der Waals surface area contributed by atoms with E-state index in [4.69, 9.17) is 9.47 Å². The van der Waals surface area contributed by atoms with Crippen LogP contribution >= 0.6 is 0 Å². The Morgan fingerprint density at radius 3 is 2.61 bits per heavy atom. The number of amides is 1. The van der Waals surface area contributed by atoms with Crippen LogP contribution < -0.4 is 10.1 Å². The van der Waals surface area contributed by atoms with Crippen molar-refractivity contribution in [3.8, 4) is 5.75 Å². The lowest BCUT2D eigenvalue weighted by molar-refractivity contribution is -0.117. The van der Waals surface area contributed by atoms with Crippen molar-refractivity contribution in [2.75, 3.05) is 39.5 Å². The first kappa shape index (κ1) is 20.1. The molecule has 0 radical (unpaired) electrons. The van der Waals surface area contributed by atoms with Crippen molar-refractivity contribution in [2.45, 2.75) is 13.0 Å². The molecular formula is C23H28N2O3. The highest BCUT2D eigenvalue weighted by molar-refractivity contribution is 5.92. The molecule has 0 aliphatic carbocycles. The molecule has 2 aromatic rings. The van der Waals surface area contributed by atoms with Gasteiger partial charge in [0.25, 0.3) is 0 Å². The van der Waals surface area contributed by atoms with Crippen LogP contribution in [0.4, 0.5) is 0 Å². The van der Waals surface area contributed by atoms with Gasteiger partial charge < -0.3 is 14.8 Å². The maximum Gasteiger partial charge on any atom is 0.244 e. The van der Waals surface area contributed by atoms with Crippen molar-refractivity contribution < 1.29 is 14.3 Å². The van der Waals surface area contributed by atoms with E-state index in [1.54, 1.807) is 12.2 Å². The van der Waals surface area contributed by atoms with Gasteiger partial charge in [0.1, 0.15) is 5.75 Å². The summed E-state index contributed by atoms with van der Waals surface area (Å²) in [6, 6.07) is 17.7. The van der Waals surface area contributed by atoms with Crippen LogP contribution in [0.3, 0.4) is 0 Å². The first-order valence-corrected chi connectivity index (χ1v) is 9.81. The molecule has 1 N–H and O–H groups in total. The smallest absolute Gasteiger partial charge is 0.244 e. The number of ether oxygens (including phenoxy) is 2. The Balaban J connectivity index is 1.68. The molecular weight excluding hydrogens is 352 g/mol.